The first-order chi connectivity index (χ1) is 16.3. The lowest BCUT2D eigenvalue weighted by Gasteiger charge is -2.10. The summed E-state index contributed by atoms with van der Waals surface area (Å²) in [6.07, 6.45) is 0. The molecule has 0 unspecified atom stereocenters. The molecule has 0 saturated heterocycles. The molecule has 4 aromatic rings. The van der Waals surface area contributed by atoms with Crippen LogP contribution in [0.2, 0.25) is 0 Å². The van der Waals surface area contributed by atoms with Crippen molar-refractivity contribution in [1.29, 1.82) is 0 Å². The fraction of sp³-hybridized carbons (Fsp3) is 0.190. The Balaban J connectivity index is 1.44. The van der Waals surface area contributed by atoms with Crippen LogP contribution in [-0.4, -0.2) is 53.4 Å². The number of aryl methyl sites for hydroxylation is 1. The molecule has 0 bridgehead atoms. The summed E-state index contributed by atoms with van der Waals surface area (Å²) in [5.74, 6) is 1.45. The van der Waals surface area contributed by atoms with Crippen molar-refractivity contribution in [2.45, 2.75) is 11.8 Å². The normalized spacial score (nSPS) is 11.5. The van der Waals surface area contributed by atoms with Crippen molar-refractivity contribution in [3.63, 3.8) is 0 Å². The molecule has 0 atom stereocenters. The molecule has 13 heteroatoms. The van der Waals surface area contributed by atoms with E-state index < -0.39 is 14.9 Å². The summed E-state index contributed by atoms with van der Waals surface area (Å²) in [5.41, 5.74) is 1.38. The van der Waals surface area contributed by atoms with Crippen LogP contribution < -0.4 is 14.2 Å². The van der Waals surface area contributed by atoms with Gasteiger partial charge in [-0.25, -0.2) is 13.1 Å². The molecule has 0 aliphatic heterocycles. The fourth-order valence-electron chi connectivity index (χ4n) is 3.17. The molecule has 4 rings (SSSR count). The standard InChI is InChI=1S/C21H20N6O6S/c1-14-3-6-16(27(28)29)13-18(14)34(30,31)22-11-12-33-20-10-9-19-23-24-21(26(19)25-20)15-4-7-17(32-2)8-5-15/h3-10,13,22H,11-12H2,1-2H3. The molecule has 0 aliphatic rings. The molecule has 0 radical (unpaired) electrons. The van der Waals surface area contributed by atoms with E-state index in [2.05, 4.69) is 20.0 Å². The maximum Gasteiger partial charge on any atom is 0.270 e. The largest absolute Gasteiger partial charge is 0.497 e. The van der Waals surface area contributed by atoms with E-state index in [-0.39, 0.29) is 29.6 Å². The number of nitrogens with one attached hydrogen (secondary N) is 1. The maximum absolute atomic E-state index is 12.6. The van der Waals surface area contributed by atoms with Crippen LogP contribution in [0.15, 0.2) is 59.5 Å². The van der Waals surface area contributed by atoms with Crippen LogP contribution in [0.1, 0.15) is 5.56 Å². The number of ether oxygens (including phenoxy) is 2. The number of nitrogens with zero attached hydrogens (tertiary/aromatic N) is 5. The van der Waals surface area contributed by atoms with Gasteiger partial charge in [0.05, 0.1) is 16.9 Å². The molecule has 0 aliphatic carbocycles. The van der Waals surface area contributed by atoms with E-state index in [1.54, 1.807) is 38.3 Å². The third-order valence-electron chi connectivity index (χ3n) is 4.90. The highest BCUT2D eigenvalue weighted by atomic mass is 32.2. The fourth-order valence-corrected chi connectivity index (χ4v) is 4.45. The Kier molecular flexibility index (Phi) is 6.38. The minimum absolute atomic E-state index is 0.0221. The van der Waals surface area contributed by atoms with Crippen LogP contribution in [0.5, 0.6) is 11.6 Å². The smallest absolute Gasteiger partial charge is 0.270 e. The van der Waals surface area contributed by atoms with Crippen LogP contribution in [0, 0.1) is 17.0 Å². The highest BCUT2D eigenvalue weighted by molar-refractivity contribution is 7.89. The van der Waals surface area contributed by atoms with Gasteiger partial charge in [0, 0.05) is 30.3 Å². The van der Waals surface area contributed by atoms with Gasteiger partial charge >= 0.3 is 0 Å². The minimum atomic E-state index is -3.97. The predicted octanol–water partition coefficient (Wildman–Crippen LogP) is 2.37. The highest BCUT2D eigenvalue weighted by Gasteiger charge is 2.20. The number of aromatic nitrogens is 4. The van der Waals surface area contributed by atoms with Crippen molar-refractivity contribution in [1.82, 2.24) is 24.5 Å². The zero-order valence-corrected chi connectivity index (χ0v) is 19.0. The molecule has 0 fully saturated rings. The Bertz CT molecular complexity index is 1450. The third kappa shape index (κ3) is 4.79. The van der Waals surface area contributed by atoms with E-state index in [0.29, 0.717) is 22.8 Å². The predicted molar refractivity (Wildman–Crippen MR) is 121 cm³/mol. The topological polar surface area (TPSA) is 151 Å². The van der Waals surface area contributed by atoms with Gasteiger partial charge in [-0.05, 0) is 42.8 Å². The van der Waals surface area contributed by atoms with Gasteiger partial charge < -0.3 is 9.47 Å². The van der Waals surface area contributed by atoms with Gasteiger partial charge in [-0.2, -0.15) is 4.52 Å². The Labute approximate surface area is 194 Å². The summed E-state index contributed by atoms with van der Waals surface area (Å²) in [6.45, 7) is 1.47. The zero-order valence-electron chi connectivity index (χ0n) is 18.2. The van der Waals surface area contributed by atoms with Gasteiger partial charge in [-0.3, -0.25) is 10.1 Å². The second-order valence-corrected chi connectivity index (χ2v) is 8.88. The van der Waals surface area contributed by atoms with E-state index in [0.717, 1.165) is 11.6 Å². The van der Waals surface area contributed by atoms with Crippen LogP contribution in [0.4, 0.5) is 5.69 Å². The number of benzene rings is 2. The van der Waals surface area contributed by atoms with Crippen LogP contribution in [-0.2, 0) is 10.0 Å². The molecular weight excluding hydrogens is 464 g/mol. The Morgan fingerprint density at radius 2 is 1.85 bits per heavy atom. The van der Waals surface area contributed by atoms with Gasteiger partial charge in [0.1, 0.15) is 12.4 Å². The number of fused-ring (bicyclic) bond motifs is 1. The molecule has 2 heterocycles. The van der Waals surface area contributed by atoms with E-state index in [1.807, 2.05) is 12.1 Å². The van der Waals surface area contributed by atoms with Crippen LogP contribution >= 0.6 is 0 Å². The number of non-ortho nitro benzene ring substituents is 1. The number of nitro benzene ring substituents is 1. The first-order valence-corrected chi connectivity index (χ1v) is 11.5. The van der Waals surface area contributed by atoms with Crippen molar-refractivity contribution in [3.05, 3.63) is 70.3 Å². The first-order valence-electron chi connectivity index (χ1n) is 10.0. The molecule has 1 N–H and O–H groups in total. The summed E-state index contributed by atoms with van der Waals surface area (Å²) in [5, 5.41) is 23.6. The van der Waals surface area contributed by atoms with Gasteiger partial charge in [0.2, 0.25) is 15.9 Å². The van der Waals surface area contributed by atoms with Crippen molar-refractivity contribution in [3.8, 4) is 23.0 Å². The number of nitro groups is 1. The summed E-state index contributed by atoms with van der Waals surface area (Å²) in [4.78, 5) is 10.2. The molecule has 0 spiro atoms. The minimum Gasteiger partial charge on any atom is -0.497 e. The molecule has 0 amide bonds. The molecule has 0 saturated carbocycles. The number of hydrogen-bond acceptors (Lipinski definition) is 9. The summed E-state index contributed by atoms with van der Waals surface area (Å²) in [7, 11) is -2.38. The van der Waals surface area contributed by atoms with E-state index in [9.17, 15) is 18.5 Å². The second kappa shape index (κ2) is 9.41. The summed E-state index contributed by atoms with van der Waals surface area (Å²) < 4.78 is 39.8. The lowest BCUT2D eigenvalue weighted by Crippen LogP contribution is -2.29. The highest BCUT2D eigenvalue weighted by Crippen LogP contribution is 2.23. The van der Waals surface area contributed by atoms with Gasteiger partial charge in [0.15, 0.2) is 11.5 Å². The Hall–Kier alpha value is -4.10. The van der Waals surface area contributed by atoms with Gasteiger partial charge in [-0.15, -0.1) is 15.3 Å². The molecular formula is C21H20N6O6S. The summed E-state index contributed by atoms with van der Waals surface area (Å²) in [6, 6.07) is 14.2. The lowest BCUT2D eigenvalue weighted by atomic mass is 10.2. The number of hydrogen-bond donors (Lipinski definition) is 1. The van der Waals surface area contributed by atoms with Crippen molar-refractivity contribution >= 4 is 21.4 Å². The van der Waals surface area contributed by atoms with Crippen LogP contribution in [0.3, 0.4) is 0 Å². The average Bonchev–Trinajstić information content (AvgIpc) is 3.25. The van der Waals surface area contributed by atoms with E-state index >= 15 is 0 Å². The summed E-state index contributed by atoms with van der Waals surface area (Å²) >= 11 is 0. The molecule has 2 aromatic heterocycles. The number of methoxy groups -OCH3 is 1. The first kappa shape index (κ1) is 23.1. The van der Waals surface area contributed by atoms with Crippen molar-refractivity contribution < 1.29 is 22.8 Å². The SMILES string of the molecule is COc1ccc(-c2nnc3ccc(OCCNS(=O)(=O)c4cc([N+](=O)[O-])ccc4C)nn23)cc1. The van der Waals surface area contributed by atoms with E-state index in [4.69, 9.17) is 9.47 Å². The van der Waals surface area contributed by atoms with Gasteiger partial charge in [-0.1, -0.05) is 6.07 Å². The number of rotatable bonds is 9. The Morgan fingerprint density at radius 3 is 2.56 bits per heavy atom. The van der Waals surface area contributed by atoms with Crippen LogP contribution in [0.25, 0.3) is 17.0 Å². The number of sulfonamides is 1. The molecule has 2 aromatic carbocycles. The molecule has 34 heavy (non-hydrogen) atoms. The third-order valence-corrected chi connectivity index (χ3v) is 6.51. The second-order valence-electron chi connectivity index (χ2n) is 7.15. The maximum atomic E-state index is 12.6. The quantitative estimate of drug-likeness (QED) is 0.214. The molecule has 176 valence electrons. The zero-order chi connectivity index (χ0) is 24.3. The molecule has 12 nitrogen and oxygen atoms in total. The lowest BCUT2D eigenvalue weighted by molar-refractivity contribution is -0.385. The van der Waals surface area contributed by atoms with Crippen molar-refractivity contribution in [2.75, 3.05) is 20.3 Å². The Morgan fingerprint density at radius 1 is 1.09 bits per heavy atom. The van der Waals surface area contributed by atoms with E-state index in [1.165, 1.54) is 16.6 Å². The van der Waals surface area contributed by atoms with Crippen molar-refractivity contribution in [2.24, 2.45) is 0 Å². The monoisotopic (exact) mass is 484 g/mol. The average molecular weight is 484 g/mol. The van der Waals surface area contributed by atoms with Gasteiger partial charge in [0.25, 0.3) is 5.69 Å².